The van der Waals surface area contributed by atoms with Crippen molar-refractivity contribution < 1.29 is 14.3 Å². The van der Waals surface area contributed by atoms with E-state index in [0.29, 0.717) is 23.4 Å². The van der Waals surface area contributed by atoms with E-state index in [1.54, 1.807) is 17.7 Å². The van der Waals surface area contributed by atoms with Gasteiger partial charge < -0.3 is 4.74 Å². The van der Waals surface area contributed by atoms with Crippen molar-refractivity contribution in [3.8, 4) is 28.8 Å². The van der Waals surface area contributed by atoms with Gasteiger partial charge in [-0.1, -0.05) is 63.6 Å². The van der Waals surface area contributed by atoms with Gasteiger partial charge >= 0.3 is 0 Å². The van der Waals surface area contributed by atoms with Crippen molar-refractivity contribution in [3.63, 3.8) is 0 Å². The van der Waals surface area contributed by atoms with Crippen LogP contribution in [0.25, 0.3) is 23.0 Å². The van der Waals surface area contributed by atoms with E-state index in [-0.39, 0.29) is 17.5 Å². The van der Waals surface area contributed by atoms with E-state index in [4.69, 9.17) is 9.84 Å². The predicted molar refractivity (Wildman–Crippen MR) is 164 cm³/mol. The number of para-hydroxylation sites is 1. The largest absolute Gasteiger partial charge is 0.494 e. The monoisotopic (exact) mass is 562 g/mol. The number of amides is 2. The number of benzene rings is 2. The van der Waals surface area contributed by atoms with E-state index in [1.807, 2.05) is 60.8 Å². The summed E-state index contributed by atoms with van der Waals surface area (Å²) in [5.41, 5.74) is 3.98. The lowest BCUT2D eigenvalue weighted by molar-refractivity contribution is -0.143. The first-order valence-corrected chi connectivity index (χ1v) is 15.1. The highest BCUT2D eigenvalue weighted by atomic mass is 16.5. The minimum Gasteiger partial charge on any atom is -0.494 e. The van der Waals surface area contributed by atoms with E-state index < -0.39 is 5.91 Å². The van der Waals surface area contributed by atoms with Crippen molar-refractivity contribution in [2.45, 2.75) is 77.7 Å². The molecule has 0 atom stereocenters. The number of aromatic nitrogens is 2. The molecule has 0 unspecified atom stereocenters. The lowest BCUT2D eigenvalue weighted by Gasteiger charge is -2.36. The summed E-state index contributed by atoms with van der Waals surface area (Å²) in [6.45, 7) is 4.57. The molecule has 1 aliphatic heterocycles. The second-order valence-electron chi connectivity index (χ2n) is 11.1. The first-order valence-electron chi connectivity index (χ1n) is 15.1. The fraction of sp³-hybridized carbons (Fsp3) is 0.371. The van der Waals surface area contributed by atoms with E-state index in [2.05, 4.69) is 13.0 Å². The molecule has 0 spiro atoms. The number of imide groups is 1. The lowest BCUT2D eigenvalue weighted by Crippen LogP contribution is -2.49. The summed E-state index contributed by atoms with van der Waals surface area (Å²) in [5.74, 6) is -0.0117. The van der Waals surface area contributed by atoms with E-state index in [1.165, 1.54) is 17.7 Å². The zero-order valence-electron chi connectivity index (χ0n) is 24.5. The lowest BCUT2D eigenvalue weighted by atomic mass is 9.88. The molecule has 216 valence electrons. The Labute approximate surface area is 248 Å². The smallest absolute Gasteiger partial charge is 0.271 e. The number of carbonyl (C=O) groups is 2. The van der Waals surface area contributed by atoms with Crippen LogP contribution < -0.4 is 4.74 Å². The second-order valence-corrected chi connectivity index (χ2v) is 11.1. The molecule has 0 bridgehead atoms. The molecule has 2 heterocycles. The first-order chi connectivity index (χ1) is 20.5. The molecule has 7 nitrogen and oxygen atoms in total. The summed E-state index contributed by atoms with van der Waals surface area (Å²) in [6, 6.07) is 19.5. The predicted octanol–water partition coefficient (Wildman–Crippen LogP) is 7.42. The highest BCUT2D eigenvalue weighted by Gasteiger charge is 2.40. The normalized spacial score (nSPS) is 17.2. The molecule has 3 aromatic rings. The van der Waals surface area contributed by atoms with Gasteiger partial charge in [0.05, 0.1) is 18.0 Å². The Balaban J connectivity index is 1.53. The Kier molecular flexibility index (Phi) is 9.33. The number of nitriles is 1. The zero-order chi connectivity index (χ0) is 29.5. The number of rotatable bonds is 10. The summed E-state index contributed by atoms with van der Waals surface area (Å²) in [6.07, 6.45) is 12.9. The summed E-state index contributed by atoms with van der Waals surface area (Å²) < 4.78 is 7.74. The number of hydrogen-bond donors (Lipinski definition) is 0. The molecule has 2 aliphatic rings. The first kappa shape index (κ1) is 29.1. The third-order valence-electron chi connectivity index (χ3n) is 8.17. The Morgan fingerprint density at radius 2 is 1.71 bits per heavy atom. The van der Waals surface area contributed by atoms with E-state index >= 15 is 0 Å². The molecule has 0 saturated heterocycles. The van der Waals surface area contributed by atoms with Crippen molar-refractivity contribution >= 4 is 17.9 Å². The van der Waals surface area contributed by atoms with Gasteiger partial charge in [-0.2, -0.15) is 10.4 Å². The maximum Gasteiger partial charge on any atom is 0.271 e. The minimum absolute atomic E-state index is 0.0314. The van der Waals surface area contributed by atoms with Crippen molar-refractivity contribution in [2.24, 2.45) is 0 Å². The molecule has 0 radical (unpaired) electrons. The highest BCUT2D eigenvalue weighted by molar-refractivity contribution is 6.20. The van der Waals surface area contributed by atoms with E-state index in [0.717, 1.165) is 67.5 Å². The molecule has 1 saturated carbocycles. The van der Waals surface area contributed by atoms with Gasteiger partial charge in [0, 0.05) is 28.9 Å². The molecule has 2 aromatic carbocycles. The van der Waals surface area contributed by atoms with Crippen molar-refractivity contribution in [2.75, 3.05) is 6.61 Å². The van der Waals surface area contributed by atoms with Gasteiger partial charge in [0.2, 0.25) is 0 Å². The molecule has 1 fully saturated rings. The van der Waals surface area contributed by atoms with Gasteiger partial charge in [0.15, 0.2) is 0 Å². The van der Waals surface area contributed by atoms with Crippen molar-refractivity contribution in [1.82, 2.24) is 14.7 Å². The average molecular weight is 563 g/mol. The Morgan fingerprint density at radius 1 is 0.976 bits per heavy atom. The molecule has 0 N–H and O–H groups in total. The molecule has 7 heteroatoms. The maximum absolute atomic E-state index is 13.9. The van der Waals surface area contributed by atoms with Crippen LogP contribution in [0.3, 0.4) is 0 Å². The topological polar surface area (TPSA) is 88.2 Å². The van der Waals surface area contributed by atoms with Gasteiger partial charge in [-0.15, -0.1) is 0 Å². The Bertz CT molecular complexity index is 1520. The number of nitrogens with zero attached hydrogens (tertiary/aromatic N) is 4. The van der Waals surface area contributed by atoms with Crippen LogP contribution in [0.15, 0.2) is 77.5 Å². The van der Waals surface area contributed by atoms with Crippen LogP contribution in [0.1, 0.15) is 77.2 Å². The SMILES string of the molecule is CCCCCCOc1ccc(-c2nn(-c3ccccc3)cc2/C=C2/C(=O)N(C3CCCCC3)C(=O)C(C#N)=C2C)cc1. The van der Waals surface area contributed by atoms with Crippen molar-refractivity contribution in [3.05, 3.63) is 83.1 Å². The minimum atomic E-state index is -0.477. The van der Waals surface area contributed by atoms with Crippen LogP contribution in [-0.2, 0) is 9.59 Å². The molecule has 5 rings (SSSR count). The van der Waals surface area contributed by atoms with Gasteiger partial charge in [0.1, 0.15) is 17.4 Å². The standard InChI is InChI=1S/C35H38N4O3/c1-3-4-5-12-21-42-30-19-17-26(18-20-30)33-27(24-38(37-33)28-13-8-6-9-14-28)22-31-25(2)32(23-36)35(41)39(34(31)40)29-15-10-7-11-16-29/h6,8-9,13-14,17-20,22,24,29H,3-5,7,10-12,15-16,21H2,1-2H3/b31-22+. The molecular formula is C35H38N4O3. The quantitative estimate of drug-likeness (QED) is 0.146. The number of carbonyl (C=O) groups excluding carboxylic acids is 2. The van der Waals surface area contributed by atoms with Crippen LogP contribution in [0.4, 0.5) is 0 Å². The molecule has 1 aliphatic carbocycles. The van der Waals surface area contributed by atoms with Crippen LogP contribution in [0.2, 0.25) is 0 Å². The van der Waals surface area contributed by atoms with Crippen LogP contribution in [0, 0.1) is 11.3 Å². The van der Waals surface area contributed by atoms with Crippen LogP contribution in [-0.4, -0.2) is 39.1 Å². The summed E-state index contributed by atoms with van der Waals surface area (Å²) in [4.78, 5) is 28.5. The zero-order valence-corrected chi connectivity index (χ0v) is 24.5. The van der Waals surface area contributed by atoms with Gasteiger partial charge in [-0.25, -0.2) is 4.68 Å². The maximum atomic E-state index is 13.9. The highest BCUT2D eigenvalue weighted by Crippen LogP contribution is 2.34. The molecular weight excluding hydrogens is 524 g/mol. The van der Waals surface area contributed by atoms with Gasteiger partial charge in [-0.3, -0.25) is 14.5 Å². The molecule has 42 heavy (non-hydrogen) atoms. The third kappa shape index (κ3) is 6.23. The Morgan fingerprint density at radius 3 is 2.40 bits per heavy atom. The van der Waals surface area contributed by atoms with Crippen molar-refractivity contribution in [1.29, 1.82) is 5.26 Å². The summed E-state index contributed by atoms with van der Waals surface area (Å²) >= 11 is 0. The molecule has 1 aromatic heterocycles. The number of unbranched alkanes of at least 4 members (excludes halogenated alkanes) is 3. The number of hydrogen-bond acceptors (Lipinski definition) is 5. The van der Waals surface area contributed by atoms with E-state index in [9.17, 15) is 14.9 Å². The van der Waals surface area contributed by atoms with Crippen LogP contribution >= 0.6 is 0 Å². The Hall–Kier alpha value is -4.44. The summed E-state index contributed by atoms with van der Waals surface area (Å²) in [5, 5.41) is 14.8. The summed E-state index contributed by atoms with van der Waals surface area (Å²) in [7, 11) is 0. The van der Waals surface area contributed by atoms with Gasteiger partial charge in [0.25, 0.3) is 11.8 Å². The second kappa shape index (κ2) is 13.5. The number of ether oxygens (including phenoxy) is 1. The van der Waals surface area contributed by atoms with Crippen LogP contribution in [0.5, 0.6) is 5.75 Å². The average Bonchev–Trinajstić information content (AvgIpc) is 3.45. The van der Waals surface area contributed by atoms with Gasteiger partial charge in [-0.05, 0) is 74.2 Å². The fourth-order valence-corrected chi connectivity index (χ4v) is 5.78. The molecule has 2 amide bonds. The fourth-order valence-electron chi connectivity index (χ4n) is 5.78. The third-order valence-corrected chi connectivity index (χ3v) is 8.17.